The van der Waals surface area contributed by atoms with Crippen LogP contribution in [0, 0.1) is 19.8 Å². The normalized spacial score (nSPS) is 17.8. The fraction of sp³-hybridized carbons (Fsp3) is 0.667. The first-order valence-electron chi connectivity index (χ1n) is 5.67. The molecule has 1 saturated carbocycles. The number of hydrogen-bond acceptors (Lipinski definition) is 3. The summed E-state index contributed by atoms with van der Waals surface area (Å²) < 4.78 is 0. The number of aryl methyl sites for hydroxylation is 2. The minimum atomic E-state index is 0.561. The number of rotatable bonds is 4. The summed E-state index contributed by atoms with van der Waals surface area (Å²) in [6.07, 6.45) is 3.68. The van der Waals surface area contributed by atoms with Crippen molar-refractivity contribution in [3.05, 3.63) is 23.3 Å². The molecule has 1 N–H and O–H groups in total. The first-order valence-corrected chi connectivity index (χ1v) is 5.67. The van der Waals surface area contributed by atoms with E-state index in [1.807, 2.05) is 27.0 Å². The Labute approximate surface area is 91.3 Å². The van der Waals surface area contributed by atoms with Crippen LogP contribution in [-0.4, -0.2) is 23.1 Å². The highest BCUT2D eigenvalue weighted by Gasteiger charge is 2.30. The van der Waals surface area contributed by atoms with E-state index in [4.69, 9.17) is 0 Å². The third-order valence-corrected chi connectivity index (χ3v) is 2.99. The summed E-state index contributed by atoms with van der Waals surface area (Å²) in [5.41, 5.74) is 2.14. The monoisotopic (exact) mass is 205 g/mol. The molecule has 0 amide bonds. The van der Waals surface area contributed by atoms with E-state index >= 15 is 0 Å². The van der Waals surface area contributed by atoms with Crippen LogP contribution >= 0.6 is 0 Å². The number of aromatic nitrogens is 2. The van der Waals surface area contributed by atoms with Crippen molar-refractivity contribution < 1.29 is 0 Å². The Bertz CT molecular complexity index is 324. The summed E-state index contributed by atoms with van der Waals surface area (Å²) in [4.78, 5) is 8.96. The zero-order valence-corrected chi connectivity index (χ0v) is 9.75. The minimum Gasteiger partial charge on any atom is -0.316 e. The number of hydrogen-bond donors (Lipinski definition) is 1. The summed E-state index contributed by atoms with van der Waals surface area (Å²) in [6, 6.07) is 2.58. The van der Waals surface area contributed by atoms with Gasteiger partial charge in [-0.05, 0) is 45.7 Å². The standard InChI is InChI=1S/C12H19N3/c1-8-6-9(2)15-12(14-8)7-11(13-3)10-4-5-10/h6,10-11,13H,4-5,7H2,1-3H3. The second kappa shape index (κ2) is 4.27. The van der Waals surface area contributed by atoms with Gasteiger partial charge in [-0.2, -0.15) is 0 Å². The first-order chi connectivity index (χ1) is 7.19. The molecule has 1 unspecified atom stereocenters. The zero-order chi connectivity index (χ0) is 10.8. The lowest BCUT2D eigenvalue weighted by molar-refractivity contribution is 0.489. The molecule has 0 aliphatic heterocycles. The molecule has 0 radical (unpaired) electrons. The Morgan fingerprint density at radius 1 is 1.33 bits per heavy atom. The van der Waals surface area contributed by atoms with Crippen molar-refractivity contribution in [3.8, 4) is 0 Å². The van der Waals surface area contributed by atoms with Crippen molar-refractivity contribution in [2.75, 3.05) is 7.05 Å². The van der Waals surface area contributed by atoms with Gasteiger partial charge in [0.1, 0.15) is 5.82 Å². The highest BCUT2D eigenvalue weighted by molar-refractivity contribution is 5.09. The SMILES string of the molecule is CNC(Cc1nc(C)cc(C)n1)C1CC1. The van der Waals surface area contributed by atoms with Crippen molar-refractivity contribution in [3.63, 3.8) is 0 Å². The topological polar surface area (TPSA) is 37.8 Å². The number of likely N-dealkylation sites (N-methyl/N-ethyl adjacent to an activating group) is 1. The van der Waals surface area contributed by atoms with Crippen LogP contribution in [0.2, 0.25) is 0 Å². The van der Waals surface area contributed by atoms with E-state index in [1.165, 1.54) is 12.8 Å². The molecule has 1 fully saturated rings. The summed E-state index contributed by atoms with van der Waals surface area (Å²) in [5.74, 6) is 1.83. The maximum Gasteiger partial charge on any atom is 0.130 e. The smallest absolute Gasteiger partial charge is 0.130 e. The van der Waals surface area contributed by atoms with Crippen LogP contribution < -0.4 is 5.32 Å². The Morgan fingerprint density at radius 3 is 2.40 bits per heavy atom. The fourth-order valence-electron chi connectivity index (χ4n) is 2.09. The molecule has 15 heavy (non-hydrogen) atoms. The number of nitrogens with zero attached hydrogens (tertiary/aromatic N) is 2. The van der Waals surface area contributed by atoms with Gasteiger partial charge in [-0.3, -0.25) is 0 Å². The quantitative estimate of drug-likeness (QED) is 0.812. The lowest BCUT2D eigenvalue weighted by atomic mass is 10.1. The minimum absolute atomic E-state index is 0.561. The van der Waals surface area contributed by atoms with Crippen molar-refractivity contribution in [1.29, 1.82) is 0 Å². The van der Waals surface area contributed by atoms with Gasteiger partial charge in [-0.15, -0.1) is 0 Å². The van der Waals surface area contributed by atoms with E-state index in [9.17, 15) is 0 Å². The largest absolute Gasteiger partial charge is 0.316 e. The van der Waals surface area contributed by atoms with E-state index in [0.717, 1.165) is 29.6 Å². The Kier molecular flexibility index (Phi) is 3.00. The predicted molar refractivity (Wildman–Crippen MR) is 60.8 cm³/mol. The van der Waals surface area contributed by atoms with E-state index < -0.39 is 0 Å². The molecule has 0 aromatic carbocycles. The molecular formula is C12H19N3. The van der Waals surface area contributed by atoms with Gasteiger partial charge in [0.2, 0.25) is 0 Å². The van der Waals surface area contributed by atoms with Gasteiger partial charge in [-0.1, -0.05) is 0 Å². The Morgan fingerprint density at radius 2 is 1.93 bits per heavy atom. The predicted octanol–water partition coefficient (Wildman–Crippen LogP) is 1.63. The first kappa shape index (κ1) is 10.6. The van der Waals surface area contributed by atoms with Gasteiger partial charge >= 0.3 is 0 Å². The number of nitrogens with one attached hydrogen (secondary N) is 1. The van der Waals surface area contributed by atoms with Gasteiger partial charge < -0.3 is 5.32 Å². The maximum atomic E-state index is 4.48. The molecule has 0 spiro atoms. The van der Waals surface area contributed by atoms with E-state index in [1.54, 1.807) is 0 Å². The van der Waals surface area contributed by atoms with Crippen molar-refractivity contribution in [2.45, 2.75) is 39.2 Å². The molecule has 0 bridgehead atoms. The van der Waals surface area contributed by atoms with Crippen LogP contribution in [-0.2, 0) is 6.42 Å². The second-order valence-electron chi connectivity index (χ2n) is 4.50. The molecule has 1 aliphatic carbocycles. The van der Waals surface area contributed by atoms with Gasteiger partial charge in [0.05, 0.1) is 0 Å². The van der Waals surface area contributed by atoms with Crippen LogP contribution in [0.5, 0.6) is 0 Å². The van der Waals surface area contributed by atoms with Gasteiger partial charge in [-0.25, -0.2) is 9.97 Å². The van der Waals surface area contributed by atoms with Gasteiger partial charge in [0.25, 0.3) is 0 Å². The molecule has 1 aliphatic rings. The Balaban J connectivity index is 2.08. The zero-order valence-electron chi connectivity index (χ0n) is 9.75. The third kappa shape index (κ3) is 2.75. The lowest BCUT2D eigenvalue weighted by Gasteiger charge is -2.14. The van der Waals surface area contributed by atoms with Crippen LogP contribution in [0.4, 0.5) is 0 Å². The molecule has 3 heteroatoms. The van der Waals surface area contributed by atoms with Crippen LogP contribution in [0.15, 0.2) is 6.07 Å². The molecule has 82 valence electrons. The summed E-state index contributed by atoms with van der Waals surface area (Å²) in [7, 11) is 2.03. The van der Waals surface area contributed by atoms with Crippen LogP contribution in [0.1, 0.15) is 30.1 Å². The highest BCUT2D eigenvalue weighted by atomic mass is 14.9. The average molecular weight is 205 g/mol. The van der Waals surface area contributed by atoms with Crippen LogP contribution in [0.3, 0.4) is 0 Å². The van der Waals surface area contributed by atoms with Crippen molar-refractivity contribution >= 4 is 0 Å². The summed E-state index contributed by atoms with van der Waals surface area (Å²) >= 11 is 0. The third-order valence-electron chi connectivity index (χ3n) is 2.99. The lowest BCUT2D eigenvalue weighted by Crippen LogP contribution is -2.30. The molecule has 1 aromatic heterocycles. The van der Waals surface area contributed by atoms with E-state index in [-0.39, 0.29) is 0 Å². The molecule has 2 rings (SSSR count). The second-order valence-corrected chi connectivity index (χ2v) is 4.50. The summed E-state index contributed by atoms with van der Waals surface area (Å²) in [5, 5.41) is 3.37. The van der Waals surface area contributed by atoms with E-state index in [2.05, 4.69) is 15.3 Å². The highest BCUT2D eigenvalue weighted by Crippen LogP contribution is 2.33. The molecular weight excluding hydrogens is 186 g/mol. The van der Waals surface area contributed by atoms with Crippen molar-refractivity contribution in [1.82, 2.24) is 15.3 Å². The molecule has 1 aromatic rings. The maximum absolute atomic E-state index is 4.48. The molecule has 0 saturated heterocycles. The van der Waals surface area contributed by atoms with Crippen LogP contribution in [0.25, 0.3) is 0 Å². The fourth-order valence-corrected chi connectivity index (χ4v) is 2.09. The van der Waals surface area contributed by atoms with Gasteiger partial charge in [0.15, 0.2) is 0 Å². The van der Waals surface area contributed by atoms with Gasteiger partial charge in [0, 0.05) is 23.9 Å². The Hall–Kier alpha value is -0.960. The molecule has 1 heterocycles. The molecule has 1 atom stereocenters. The summed E-state index contributed by atoms with van der Waals surface area (Å²) in [6.45, 7) is 4.06. The molecule has 3 nitrogen and oxygen atoms in total. The average Bonchev–Trinajstić information content (AvgIpc) is 2.95. The van der Waals surface area contributed by atoms with Crippen molar-refractivity contribution in [2.24, 2.45) is 5.92 Å². The van der Waals surface area contributed by atoms with E-state index in [0.29, 0.717) is 6.04 Å².